The predicted octanol–water partition coefficient (Wildman–Crippen LogP) is 1.27. The summed E-state index contributed by atoms with van der Waals surface area (Å²) in [6, 6.07) is 0. The van der Waals surface area contributed by atoms with Crippen LogP contribution in [0, 0.1) is 0 Å². The van der Waals surface area contributed by atoms with Gasteiger partial charge in [-0.3, -0.25) is 4.79 Å². The van der Waals surface area contributed by atoms with Crippen molar-refractivity contribution in [3.05, 3.63) is 0 Å². The van der Waals surface area contributed by atoms with E-state index in [1.165, 1.54) is 0 Å². The Morgan fingerprint density at radius 3 is 2.60 bits per heavy atom. The Hall–Kier alpha value is -0.950. The molecule has 1 heterocycles. The Balaban J connectivity index is 2.51. The quantitative estimate of drug-likeness (QED) is 0.334. The number of piperidine rings is 1. The van der Waals surface area contributed by atoms with Crippen LogP contribution in [0.15, 0.2) is 5.16 Å². The minimum absolute atomic E-state index is 0.103. The van der Waals surface area contributed by atoms with Gasteiger partial charge < -0.3 is 20.6 Å². The average molecular weight is 303 g/mol. The van der Waals surface area contributed by atoms with Crippen LogP contribution in [-0.2, 0) is 9.53 Å². The molecule has 0 radical (unpaired) electrons. The van der Waals surface area contributed by atoms with Gasteiger partial charge in [0.25, 0.3) is 0 Å². The molecule has 116 valence electrons. The van der Waals surface area contributed by atoms with Crippen molar-refractivity contribution in [1.29, 1.82) is 0 Å². The van der Waals surface area contributed by atoms with Crippen LogP contribution in [0.4, 0.5) is 0 Å². The van der Waals surface area contributed by atoms with Gasteiger partial charge in [-0.2, -0.15) is 11.8 Å². The number of nitrogens with two attached hydrogens (primary N) is 1. The summed E-state index contributed by atoms with van der Waals surface area (Å²) in [5, 5.41) is 12.0. The number of carbonyl (C=O) groups is 1. The molecule has 0 aliphatic carbocycles. The highest BCUT2D eigenvalue weighted by Crippen LogP contribution is 2.35. The zero-order valence-corrected chi connectivity index (χ0v) is 13.3. The number of hydrogen-bond donors (Lipinski definition) is 2. The van der Waals surface area contributed by atoms with Crippen LogP contribution in [0.25, 0.3) is 0 Å². The van der Waals surface area contributed by atoms with Crippen LogP contribution in [0.1, 0.15) is 32.6 Å². The predicted molar refractivity (Wildman–Crippen MR) is 81.2 cm³/mol. The number of nitrogens with zero attached hydrogens (tertiary/aromatic N) is 2. The second kappa shape index (κ2) is 7.73. The fraction of sp³-hybridized carbons (Fsp3) is 0.846. The molecule has 20 heavy (non-hydrogen) atoms. The molecular formula is C13H25N3O3S. The smallest absolute Gasteiger partial charge is 0.222 e. The zero-order valence-electron chi connectivity index (χ0n) is 12.5. The van der Waals surface area contributed by atoms with Crippen LogP contribution in [0.2, 0.25) is 0 Å². The first kappa shape index (κ1) is 17.1. The lowest BCUT2D eigenvalue weighted by Gasteiger charge is -2.39. The van der Waals surface area contributed by atoms with Crippen molar-refractivity contribution in [3.63, 3.8) is 0 Å². The summed E-state index contributed by atoms with van der Waals surface area (Å²) in [6.45, 7) is 3.26. The average Bonchev–Trinajstić information content (AvgIpc) is 2.51. The lowest BCUT2D eigenvalue weighted by atomic mass is 9.94. The Bertz CT molecular complexity index is 355. The summed E-state index contributed by atoms with van der Waals surface area (Å²) in [6.07, 6.45) is 4.73. The van der Waals surface area contributed by atoms with Gasteiger partial charge in [0.1, 0.15) is 0 Å². The number of methoxy groups -OCH3 is 1. The Labute approximate surface area is 124 Å². The topological polar surface area (TPSA) is 88.2 Å². The van der Waals surface area contributed by atoms with Gasteiger partial charge in [0.15, 0.2) is 5.84 Å². The van der Waals surface area contributed by atoms with E-state index in [1.807, 2.05) is 18.1 Å². The third-order valence-electron chi connectivity index (χ3n) is 4.06. The molecule has 0 aromatic rings. The standard InChI is InChI=1S/C13H25N3O3S/c1-10(19-2)4-5-11(17)16-8-6-13(20-3,7-9-16)12(14)15-18/h10,18H,4-9H2,1-3H3,(H2,14,15). The van der Waals surface area contributed by atoms with Crippen LogP contribution >= 0.6 is 11.8 Å². The van der Waals surface area contributed by atoms with E-state index < -0.39 is 0 Å². The fourth-order valence-corrected chi connectivity index (χ4v) is 3.22. The summed E-state index contributed by atoms with van der Waals surface area (Å²) in [4.78, 5) is 14.0. The maximum absolute atomic E-state index is 12.1. The van der Waals surface area contributed by atoms with E-state index in [-0.39, 0.29) is 22.6 Å². The van der Waals surface area contributed by atoms with Crippen molar-refractivity contribution in [1.82, 2.24) is 4.90 Å². The molecule has 1 fully saturated rings. The number of rotatable bonds is 6. The molecular weight excluding hydrogens is 278 g/mol. The van der Waals surface area contributed by atoms with Crippen molar-refractivity contribution >= 4 is 23.5 Å². The summed E-state index contributed by atoms with van der Waals surface area (Å²) < 4.78 is 4.81. The van der Waals surface area contributed by atoms with E-state index in [2.05, 4.69) is 5.16 Å². The first-order valence-corrected chi connectivity index (χ1v) is 8.05. The number of amidine groups is 1. The Morgan fingerprint density at radius 2 is 2.15 bits per heavy atom. The number of hydrogen-bond acceptors (Lipinski definition) is 5. The van der Waals surface area contributed by atoms with Crippen molar-refractivity contribution in [2.24, 2.45) is 10.9 Å². The van der Waals surface area contributed by atoms with Crippen molar-refractivity contribution in [2.45, 2.75) is 43.5 Å². The molecule has 1 saturated heterocycles. The maximum atomic E-state index is 12.1. The SMILES string of the molecule is COC(C)CCC(=O)N1CCC(SC)(C(N)=NO)CC1. The van der Waals surface area contributed by atoms with Crippen LogP contribution in [0.3, 0.4) is 0 Å². The van der Waals surface area contributed by atoms with Crippen molar-refractivity contribution in [3.8, 4) is 0 Å². The van der Waals surface area contributed by atoms with Gasteiger partial charge in [-0.05, 0) is 32.4 Å². The van der Waals surface area contributed by atoms with E-state index in [9.17, 15) is 4.79 Å². The summed E-state index contributed by atoms with van der Waals surface area (Å²) in [5.74, 6) is 0.410. The molecule has 1 atom stereocenters. The van der Waals surface area contributed by atoms with E-state index in [0.29, 0.717) is 19.5 Å². The highest BCUT2D eigenvalue weighted by atomic mass is 32.2. The normalized spacial score (nSPS) is 20.8. The molecule has 7 heteroatoms. The van der Waals surface area contributed by atoms with Gasteiger partial charge in [0, 0.05) is 26.6 Å². The molecule has 1 amide bonds. The highest BCUT2D eigenvalue weighted by Gasteiger charge is 2.39. The Morgan fingerprint density at radius 1 is 1.55 bits per heavy atom. The van der Waals surface area contributed by atoms with E-state index in [0.717, 1.165) is 19.3 Å². The van der Waals surface area contributed by atoms with Crippen LogP contribution in [-0.4, -0.2) is 59.2 Å². The molecule has 1 rings (SSSR count). The van der Waals surface area contributed by atoms with Gasteiger partial charge >= 0.3 is 0 Å². The minimum atomic E-state index is -0.342. The Kier molecular flexibility index (Phi) is 6.61. The molecule has 0 aromatic heterocycles. The lowest BCUT2D eigenvalue weighted by Crippen LogP contribution is -2.51. The molecule has 6 nitrogen and oxygen atoms in total. The van der Waals surface area contributed by atoms with E-state index in [4.69, 9.17) is 15.7 Å². The molecule has 0 spiro atoms. The summed E-state index contributed by atoms with van der Waals surface area (Å²) >= 11 is 1.59. The second-order valence-electron chi connectivity index (χ2n) is 5.15. The summed E-state index contributed by atoms with van der Waals surface area (Å²) in [5.41, 5.74) is 5.79. The maximum Gasteiger partial charge on any atom is 0.222 e. The van der Waals surface area contributed by atoms with Crippen molar-refractivity contribution in [2.75, 3.05) is 26.5 Å². The van der Waals surface area contributed by atoms with Crippen molar-refractivity contribution < 1.29 is 14.7 Å². The highest BCUT2D eigenvalue weighted by molar-refractivity contribution is 8.00. The lowest BCUT2D eigenvalue weighted by molar-refractivity contribution is -0.132. The molecule has 1 aliphatic rings. The van der Waals surface area contributed by atoms with Gasteiger partial charge in [-0.15, -0.1) is 0 Å². The van der Waals surface area contributed by atoms with E-state index >= 15 is 0 Å². The number of ether oxygens (including phenoxy) is 1. The van der Waals surface area contributed by atoms with Gasteiger partial charge in [-0.25, -0.2) is 0 Å². The van der Waals surface area contributed by atoms with Crippen LogP contribution < -0.4 is 5.73 Å². The minimum Gasteiger partial charge on any atom is -0.409 e. The number of amides is 1. The molecule has 0 saturated carbocycles. The van der Waals surface area contributed by atoms with Gasteiger partial charge in [0.05, 0.1) is 10.9 Å². The monoisotopic (exact) mass is 303 g/mol. The number of oxime groups is 1. The molecule has 1 aliphatic heterocycles. The van der Waals surface area contributed by atoms with Gasteiger partial charge in [0.2, 0.25) is 5.91 Å². The number of carbonyl (C=O) groups excluding carboxylic acids is 1. The third-order valence-corrected chi connectivity index (χ3v) is 5.46. The van der Waals surface area contributed by atoms with Gasteiger partial charge in [-0.1, -0.05) is 5.16 Å². The third kappa shape index (κ3) is 4.02. The second-order valence-corrected chi connectivity index (χ2v) is 6.34. The largest absolute Gasteiger partial charge is 0.409 e. The zero-order chi connectivity index (χ0) is 15.2. The molecule has 0 bridgehead atoms. The molecule has 3 N–H and O–H groups in total. The van der Waals surface area contributed by atoms with Crippen LogP contribution in [0.5, 0.6) is 0 Å². The summed E-state index contributed by atoms with van der Waals surface area (Å²) in [7, 11) is 1.65. The van der Waals surface area contributed by atoms with E-state index in [1.54, 1.807) is 18.9 Å². The number of likely N-dealkylation sites (tertiary alicyclic amines) is 1. The first-order valence-electron chi connectivity index (χ1n) is 6.83. The first-order chi connectivity index (χ1) is 9.49. The molecule has 1 unspecified atom stereocenters. The molecule has 0 aromatic carbocycles. The fourth-order valence-electron chi connectivity index (χ4n) is 2.38. The number of thioether (sulfide) groups is 1.